The lowest BCUT2D eigenvalue weighted by atomic mass is 10.1. The van der Waals surface area contributed by atoms with E-state index in [9.17, 15) is 0 Å². The van der Waals surface area contributed by atoms with Gasteiger partial charge in [0.2, 0.25) is 0 Å². The molecule has 1 fully saturated rings. The van der Waals surface area contributed by atoms with E-state index in [4.69, 9.17) is 16.3 Å². The minimum absolute atomic E-state index is 0.690. The quantitative estimate of drug-likeness (QED) is 0.851. The van der Waals surface area contributed by atoms with Crippen LogP contribution >= 0.6 is 11.6 Å². The zero-order chi connectivity index (χ0) is 10.8. The first-order valence-corrected chi connectivity index (χ1v) is 5.65. The van der Waals surface area contributed by atoms with E-state index >= 15 is 0 Å². The molecule has 15 heavy (non-hydrogen) atoms. The van der Waals surface area contributed by atoms with Gasteiger partial charge < -0.3 is 10.1 Å². The van der Waals surface area contributed by atoms with Crippen molar-refractivity contribution in [2.75, 3.05) is 7.11 Å². The van der Waals surface area contributed by atoms with Gasteiger partial charge in [0, 0.05) is 12.6 Å². The molecular formula is C12H16ClNO. The van der Waals surface area contributed by atoms with Crippen LogP contribution in [-0.2, 0) is 6.54 Å². The van der Waals surface area contributed by atoms with Crippen molar-refractivity contribution in [3.05, 3.63) is 28.3 Å². The lowest BCUT2D eigenvalue weighted by molar-refractivity contribution is 0.414. The average Bonchev–Trinajstić information content (AvgIpc) is 3.02. The summed E-state index contributed by atoms with van der Waals surface area (Å²) in [5.41, 5.74) is 2.48. The van der Waals surface area contributed by atoms with Crippen LogP contribution in [0.1, 0.15) is 24.0 Å². The van der Waals surface area contributed by atoms with Crippen molar-refractivity contribution in [1.29, 1.82) is 0 Å². The Bertz CT molecular complexity index is 361. The highest BCUT2D eigenvalue weighted by atomic mass is 35.5. The maximum absolute atomic E-state index is 6.08. The second-order valence-electron chi connectivity index (χ2n) is 4.07. The van der Waals surface area contributed by atoms with Crippen LogP contribution in [0, 0.1) is 6.92 Å². The van der Waals surface area contributed by atoms with E-state index in [0.717, 1.165) is 18.3 Å². The number of methoxy groups -OCH3 is 1. The average molecular weight is 226 g/mol. The Kier molecular flexibility index (Phi) is 3.17. The van der Waals surface area contributed by atoms with E-state index in [-0.39, 0.29) is 0 Å². The van der Waals surface area contributed by atoms with Crippen LogP contribution in [0.5, 0.6) is 5.75 Å². The van der Waals surface area contributed by atoms with Crippen molar-refractivity contribution in [2.24, 2.45) is 0 Å². The van der Waals surface area contributed by atoms with Crippen molar-refractivity contribution in [2.45, 2.75) is 32.4 Å². The minimum Gasteiger partial charge on any atom is -0.495 e. The lowest BCUT2D eigenvalue weighted by Gasteiger charge is -2.10. The molecule has 0 bridgehead atoms. The molecule has 1 aliphatic rings. The third-order valence-electron chi connectivity index (χ3n) is 2.77. The number of ether oxygens (including phenoxy) is 1. The summed E-state index contributed by atoms with van der Waals surface area (Å²) in [7, 11) is 1.64. The minimum atomic E-state index is 0.690. The molecule has 1 saturated carbocycles. The SMILES string of the molecule is COc1cc(C)c(CNC2CC2)cc1Cl. The third kappa shape index (κ3) is 2.64. The molecule has 0 aromatic heterocycles. The number of benzene rings is 1. The fraction of sp³-hybridized carbons (Fsp3) is 0.500. The molecule has 2 rings (SSSR count). The Morgan fingerprint density at radius 1 is 1.47 bits per heavy atom. The first-order chi connectivity index (χ1) is 7.20. The van der Waals surface area contributed by atoms with Gasteiger partial charge in [-0.15, -0.1) is 0 Å². The van der Waals surface area contributed by atoms with Gasteiger partial charge in [-0.2, -0.15) is 0 Å². The molecule has 0 saturated heterocycles. The molecule has 0 heterocycles. The standard InChI is InChI=1S/C12H16ClNO/c1-8-5-12(15-2)11(13)6-9(8)7-14-10-3-4-10/h5-6,10,14H,3-4,7H2,1-2H3. The first-order valence-electron chi connectivity index (χ1n) is 5.27. The molecule has 0 spiro atoms. The highest BCUT2D eigenvalue weighted by molar-refractivity contribution is 6.32. The van der Waals surface area contributed by atoms with Crippen LogP contribution in [0.15, 0.2) is 12.1 Å². The second-order valence-corrected chi connectivity index (χ2v) is 4.48. The van der Waals surface area contributed by atoms with Crippen molar-refractivity contribution in [3.63, 3.8) is 0 Å². The van der Waals surface area contributed by atoms with Crippen molar-refractivity contribution in [1.82, 2.24) is 5.32 Å². The Hall–Kier alpha value is -0.730. The second kappa shape index (κ2) is 4.42. The lowest BCUT2D eigenvalue weighted by Crippen LogP contribution is -2.16. The van der Waals surface area contributed by atoms with Crippen molar-refractivity contribution >= 4 is 11.6 Å². The largest absolute Gasteiger partial charge is 0.495 e. The fourth-order valence-electron chi connectivity index (χ4n) is 1.58. The molecule has 0 unspecified atom stereocenters. The summed E-state index contributed by atoms with van der Waals surface area (Å²) >= 11 is 6.08. The van der Waals surface area contributed by atoms with Gasteiger partial charge in [0.05, 0.1) is 12.1 Å². The highest BCUT2D eigenvalue weighted by Gasteiger charge is 2.20. The predicted octanol–water partition coefficient (Wildman–Crippen LogP) is 2.91. The van der Waals surface area contributed by atoms with E-state index < -0.39 is 0 Å². The van der Waals surface area contributed by atoms with Crippen LogP contribution in [0.4, 0.5) is 0 Å². The summed E-state index contributed by atoms with van der Waals surface area (Å²) < 4.78 is 5.17. The summed E-state index contributed by atoms with van der Waals surface area (Å²) in [5, 5.41) is 4.17. The molecule has 0 radical (unpaired) electrons. The van der Waals surface area contributed by atoms with Gasteiger partial charge >= 0.3 is 0 Å². The smallest absolute Gasteiger partial charge is 0.137 e. The number of halogens is 1. The van der Waals surface area contributed by atoms with E-state index in [1.807, 2.05) is 12.1 Å². The summed E-state index contributed by atoms with van der Waals surface area (Å²) in [5.74, 6) is 0.754. The van der Waals surface area contributed by atoms with Crippen LogP contribution in [-0.4, -0.2) is 13.2 Å². The summed E-state index contributed by atoms with van der Waals surface area (Å²) in [6.07, 6.45) is 2.62. The summed E-state index contributed by atoms with van der Waals surface area (Å²) in [6.45, 7) is 2.99. The van der Waals surface area contributed by atoms with E-state index in [2.05, 4.69) is 12.2 Å². The molecule has 0 atom stereocenters. The number of aryl methyl sites for hydroxylation is 1. The van der Waals surface area contributed by atoms with Crippen LogP contribution in [0.3, 0.4) is 0 Å². The summed E-state index contributed by atoms with van der Waals surface area (Å²) in [6, 6.07) is 4.71. The number of nitrogens with one attached hydrogen (secondary N) is 1. The maximum atomic E-state index is 6.08. The molecule has 1 N–H and O–H groups in total. The molecule has 0 aliphatic heterocycles. The van der Waals surface area contributed by atoms with Crippen molar-refractivity contribution in [3.8, 4) is 5.75 Å². The molecule has 1 aromatic carbocycles. The highest BCUT2D eigenvalue weighted by Crippen LogP contribution is 2.28. The summed E-state index contributed by atoms with van der Waals surface area (Å²) in [4.78, 5) is 0. The molecule has 1 aromatic rings. The van der Waals surface area contributed by atoms with Crippen LogP contribution in [0.25, 0.3) is 0 Å². The first kappa shape index (κ1) is 10.8. The molecule has 1 aliphatic carbocycles. The van der Waals surface area contributed by atoms with Gasteiger partial charge in [-0.05, 0) is 43.0 Å². The Labute approximate surface area is 95.6 Å². The van der Waals surface area contributed by atoms with E-state index in [1.54, 1.807) is 7.11 Å². The van der Waals surface area contributed by atoms with Gasteiger partial charge in [-0.1, -0.05) is 11.6 Å². The van der Waals surface area contributed by atoms with Gasteiger partial charge in [-0.3, -0.25) is 0 Å². The molecule has 0 amide bonds. The van der Waals surface area contributed by atoms with Gasteiger partial charge in [0.1, 0.15) is 5.75 Å². The normalized spacial score (nSPS) is 15.4. The van der Waals surface area contributed by atoms with Crippen molar-refractivity contribution < 1.29 is 4.74 Å². The number of hydrogen-bond acceptors (Lipinski definition) is 2. The van der Waals surface area contributed by atoms with Gasteiger partial charge in [0.25, 0.3) is 0 Å². The molecular weight excluding hydrogens is 210 g/mol. The maximum Gasteiger partial charge on any atom is 0.137 e. The van der Waals surface area contributed by atoms with Crippen LogP contribution < -0.4 is 10.1 Å². The third-order valence-corrected chi connectivity index (χ3v) is 3.06. The number of hydrogen-bond donors (Lipinski definition) is 1. The topological polar surface area (TPSA) is 21.3 Å². The number of rotatable bonds is 4. The van der Waals surface area contributed by atoms with Crippen LogP contribution in [0.2, 0.25) is 5.02 Å². The zero-order valence-corrected chi connectivity index (χ0v) is 9.90. The predicted molar refractivity (Wildman–Crippen MR) is 62.6 cm³/mol. The molecule has 2 nitrogen and oxygen atoms in total. The van der Waals surface area contributed by atoms with Gasteiger partial charge in [-0.25, -0.2) is 0 Å². The van der Waals surface area contributed by atoms with E-state index in [1.165, 1.54) is 24.0 Å². The fourth-order valence-corrected chi connectivity index (χ4v) is 1.85. The molecule has 82 valence electrons. The van der Waals surface area contributed by atoms with Gasteiger partial charge in [0.15, 0.2) is 0 Å². The Morgan fingerprint density at radius 2 is 2.20 bits per heavy atom. The Morgan fingerprint density at radius 3 is 2.80 bits per heavy atom. The molecule has 3 heteroatoms. The Balaban J connectivity index is 2.11. The van der Waals surface area contributed by atoms with E-state index in [0.29, 0.717) is 5.02 Å². The zero-order valence-electron chi connectivity index (χ0n) is 9.14. The monoisotopic (exact) mass is 225 g/mol.